The Balaban J connectivity index is 1.89. The first-order valence-electron chi connectivity index (χ1n) is 7.07. The number of aryl methyl sites for hydroxylation is 1. The van der Waals surface area contributed by atoms with Crippen LogP contribution in [0.3, 0.4) is 0 Å². The predicted molar refractivity (Wildman–Crippen MR) is 84.9 cm³/mol. The highest BCUT2D eigenvalue weighted by atomic mass is 32.1. The zero-order valence-corrected chi connectivity index (χ0v) is 12.8. The van der Waals surface area contributed by atoms with Gasteiger partial charge in [0.05, 0.1) is 0 Å². The van der Waals surface area contributed by atoms with E-state index >= 15 is 0 Å². The van der Waals surface area contributed by atoms with E-state index in [-0.39, 0.29) is 0 Å². The summed E-state index contributed by atoms with van der Waals surface area (Å²) in [6.07, 6.45) is 2.22. The topological polar surface area (TPSA) is 12.0 Å². The number of nitrogens with one attached hydrogen (secondary N) is 1. The Morgan fingerprint density at radius 1 is 1.05 bits per heavy atom. The maximum atomic E-state index is 3.69. The van der Waals surface area contributed by atoms with Gasteiger partial charge in [-0.05, 0) is 44.4 Å². The Morgan fingerprint density at radius 2 is 1.79 bits per heavy atom. The molecule has 2 unspecified atom stereocenters. The van der Waals surface area contributed by atoms with Crippen LogP contribution >= 0.6 is 11.3 Å². The van der Waals surface area contributed by atoms with Gasteiger partial charge < -0.3 is 5.32 Å². The van der Waals surface area contributed by atoms with Crippen LogP contribution in [-0.2, 0) is 12.8 Å². The third-order valence-electron chi connectivity index (χ3n) is 3.38. The first-order chi connectivity index (χ1) is 9.19. The third-order valence-corrected chi connectivity index (χ3v) is 4.79. The van der Waals surface area contributed by atoms with Crippen LogP contribution in [-0.4, -0.2) is 6.04 Å². The van der Waals surface area contributed by atoms with Gasteiger partial charge in [-0.1, -0.05) is 37.3 Å². The Bertz CT molecular complexity index is 489. The second kappa shape index (κ2) is 6.88. The lowest BCUT2D eigenvalue weighted by Gasteiger charge is -2.19. The molecule has 2 aromatic rings. The molecule has 0 fully saturated rings. The Labute approximate surface area is 120 Å². The van der Waals surface area contributed by atoms with Gasteiger partial charge in [0, 0.05) is 21.8 Å². The second-order valence-electron chi connectivity index (χ2n) is 5.14. The molecule has 1 N–H and O–H groups in total. The molecule has 2 rings (SSSR count). The summed E-state index contributed by atoms with van der Waals surface area (Å²) in [6, 6.07) is 16.1. The van der Waals surface area contributed by atoms with E-state index in [0.717, 1.165) is 12.8 Å². The zero-order valence-electron chi connectivity index (χ0n) is 12.0. The first-order valence-corrected chi connectivity index (χ1v) is 7.89. The largest absolute Gasteiger partial charge is 0.307 e. The fourth-order valence-corrected chi connectivity index (χ4v) is 3.32. The molecule has 1 nitrogen and oxygen atoms in total. The van der Waals surface area contributed by atoms with E-state index in [1.165, 1.54) is 15.3 Å². The maximum absolute atomic E-state index is 3.69. The lowest BCUT2D eigenvalue weighted by molar-refractivity contribution is 0.482. The van der Waals surface area contributed by atoms with Crippen LogP contribution in [0.2, 0.25) is 0 Å². The van der Waals surface area contributed by atoms with E-state index in [2.05, 4.69) is 68.6 Å². The van der Waals surface area contributed by atoms with Gasteiger partial charge in [0.15, 0.2) is 0 Å². The molecule has 0 amide bonds. The van der Waals surface area contributed by atoms with E-state index in [1.54, 1.807) is 0 Å². The molecule has 0 aliphatic rings. The number of benzene rings is 1. The molecule has 0 bridgehead atoms. The van der Waals surface area contributed by atoms with E-state index in [0.29, 0.717) is 12.1 Å². The molecule has 102 valence electrons. The molecule has 2 atom stereocenters. The van der Waals surface area contributed by atoms with Crippen LogP contribution in [0.25, 0.3) is 0 Å². The van der Waals surface area contributed by atoms with Crippen LogP contribution in [0, 0.1) is 0 Å². The summed E-state index contributed by atoms with van der Waals surface area (Å²) in [6.45, 7) is 6.73. The molecule has 0 spiro atoms. The van der Waals surface area contributed by atoms with Crippen molar-refractivity contribution < 1.29 is 0 Å². The lowest BCUT2D eigenvalue weighted by atomic mass is 10.1. The van der Waals surface area contributed by atoms with Gasteiger partial charge in [0.25, 0.3) is 0 Å². The molecular formula is C17H23NS. The van der Waals surface area contributed by atoms with E-state index in [9.17, 15) is 0 Å². The molecule has 19 heavy (non-hydrogen) atoms. The highest BCUT2D eigenvalue weighted by molar-refractivity contribution is 7.12. The van der Waals surface area contributed by atoms with E-state index in [1.807, 2.05) is 11.3 Å². The molecule has 2 heteroatoms. The van der Waals surface area contributed by atoms with Crippen molar-refractivity contribution in [3.63, 3.8) is 0 Å². The van der Waals surface area contributed by atoms with Crippen molar-refractivity contribution in [1.82, 2.24) is 5.32 Å². The number of hydrogen-bond donors (Lipinski definition) is 1. The first kappa shape index (κ1) is 14.3. The predicted octanol–water partition coefficient (Wildman–Crippen LogP) is 4.59. The molecule has 0 aliphatic carbocycles. The number of rotatable bonds is 6. The summed E-state index contributed by atoms with van der Waals surface area (Å²) in [4.78, 5) is 2.91. The fourth-order valence-electron chi connectivity index (χ4n) is 2.35. The summed E-state index contributed by atoms with van der Waals surface area (Å²) in [5.41, 5.74) is 1.40. The minimum Gasteiger partial charge on any atom is -0.307 e. The van der Waals surface area contributed by atoms with Crippen LogP contribution in [0.5, 0.6) is 0 Å². The van der Waals surface area contributed by atoms with E-state index < -0.39 is 0 Å². The normalized spacial score (nSPS) is 14.3. The van der Waals surface area contributed by atoms with Gasteiger partial charge in [-0.15, -0.1) is 11.3 Å². The Hall–Kier alpha value is -1.12. The smallest absolute Gasteiger partial charge is 0.0388 e. The summed E-state index contributed by atoms with van der Waals surface area (Å²) < 4.78 is 0. The van der Waals surface area contributed by atoms with Gasteiger partial charge in [-0.2, -0.15) is 0 Å². The average molecular weight is 273 g/mol. The minimum atomic E-state index is 0.434. The van der Waals surface area contributed by atoms with Gasteiger partial charge in [0.2, 0.25) is 0 Å². The van der Waals surface area contributed by atoms with Crippen molar-refractivity contribution >= 4 is 11.3 Å². The van der Waals surface area contributed by atoms with Gasteiger partial charge >= 0.3 is 0 Å². The van der Waals surface area contributed by atoms with Gasteiger partial charge in [0.1, 0.15) is 0 Å². The average Bonchev–Trinajstić information content (AvgIpc) is 2.88. The Morgan fingerprint density at radius 3 is 2.42 bits per heavy atom. The molecule has 0 saturated carbocycles. The van der Waals surface area contributed by atoms with Crippen LogP contribution in [0.4, 0.5) is 0 Å². The molecular weight excluding hydrogens is 250 g/mol. The van der Waals surface area contributed by atoms with Gasteiger partial charge in [-0.25, -0.2) is 0 Å². The number of hydrogen-bond acceptors (Lipinski definition) is 2. The van der Waals surface area contributed by atoms with Crippen molar-refractivity contribution in [3.8, 4) is 0 Å². The van der Waals surface area contributed by atoms with Crippen molar-refractivity contribution in [2.45, 2.75) is 45.7 Å². The van der Waals surface area contributed by atoms with E-state index in [4.69, 9.17) is 0 Å². The SMILES string of the molecule is CCc1ccc(C(C)NC(C)Cc2ccccc2)s1. The quantitative estimate of drug-likeness (QED) is 0.811. The summed E-state index contributed by atoms with van der Waals surface area (Å²) in [7, 11) is 0. The summed E-state index contributed by atoms with van der Waals surface area (Å²) >= 11 is 1.93. The van der Waals surface area contributed by atoms with Crippen molar-refractivity contribution in [2.24, 2.45) is 0 Å². The third kappa shape index (κ3) is 4.19. The fraction of sp³-hybridized carbons (Fsp3) is 0.412. The zero-order chi connectivity index (χ0) is 13.7. The molecule has 1 aromatic carbocycles. The summed E-state index contributed by atoms with van der Waals surface area (Å²) in [5.74, 6) is 0. The lowest BCUT2D eigenvalue weighted by Crippen LogP contribution is -2.30. The number of thiophene rings is 1. The molecule has 0 saturated heterocycles. The monoisotopic (exact) mass is 273 g/mol. The molecule has 0 aliphatic heterocycles. The van der Waals surface area contributed by atoms with Gasteiger partial charge in [-0.3, -0.25) is 0 Å². The second-order valence-corrected chi connectivity index (χ2v) is 6.34. The van der Waals surface area contributed by atoms with Crippen molar-refractivity contribution in [1.29, 1.82) is 0 Å². The summed E-state index contributed by atoms with van der Waals surface area (Å²) in [5, 5.41) is 3.69. The van der Waals surface area contributed by atoms with Crippen molar-refractivity contribution in [2.75, 3.05) is 0 Å². The highest BCUT2D eigenvalue weighted by Gasteiger charge is 2.11. The molecule has 1 aromatic heterocycles. The van der Waals surface area contributed by atoms with Crippen LogP contribution in [0.1, 0.15) is 42.1 Å². The molecule has 1 heterocycles. The maximum Gasteiger partial charge on any atom is 0.0388 e. The highest BCUT2D eigenvalue weighted by Crippen LogP contribution is 2.24. The molecule has 0 radical (unpaired) electrons. The Kier molecular flexibility index (Phi) is 5.17. The van der Waals surface area contributed by atoms with Crippen LogP contribution < -0.4 is 5.32 Å². The standard InChI is InChI=1S/C17H23NS/c1-4-16-10-11-17(19-16)14(3)18-13(2)12-15-8-6-5-7-9-15/h5-11,13-14,18H,4,12H2,1-3H3. The van der Waals surface area contributed by atoms with Crippen LogP contribution in [0.15, 0.2) is 42.5 Å². The minimum absolute atomic E-state index is 0.434. The van der Waals surface area contributed by atoms with Crippen molar-refractivity contribution in [3.05, 3.63) is 57.8 Å².